The molecule has 4 aromatic rings. The molecule has 1 aliphatic heterocycles. The van der Waals surface area contributed by atoms with Crippen LogP contribution in [0.15, 0.2) is 65.8 Å². The quantitative estimate of drug-likeness (QED) is 0.514. The maximum Gasteiger partial charge on any atom is 0.261 e. The van der Waals surface area contributed by atoms with E-state index in [-0.39, 0.29) is 16.8 Å². The van der Waals surface area contributed by atoms with Crippen LogP contribution in [-0.2, 0) is 21.2 Å². The highest BCUT2D eigenvalue weighted by atomic mass is 32.2. The summed E-state index contributed by atoms with van der Waals surface area (Å²) < 4.78 is 30.1. The Morgan fingerprint density at radius 3 is 2.62 bits per heavy atom. The fourth-order valence-electron chi connectivity index (χ4n) is 4.06. The van der Waals surface area contributed by atoms with E-state index in [2.05, 4.69) is 20.0 Å². The van der Waals surface area contributed by atoms with Crippen molar-refractivity contribution in [2.45, 2.75) is 31.2 Å². The third-order valence-corrected chi connectivity index (χ3v) is 6.89. The van der Waals surface area contributed by atoms with Gasteiger partial charge >= 0.3 is 0 Å². The molecule has 0 fully saturated rings. The standard InChI is InChI=1S/C22H20N6O3S/c1-14-11-17-12-19(7-9-21(17)28(14)15(2)29)32(30,31)26-18-5-3-16(4-6-18)20-8-10-22-24-23-13-27(22)25-20/h3-10,12-14,26H,11H2,1-2H3. The largest absolute Gasteiger partial charge is 0.309 e. The number of carbonyl (C=O) groups excluding carboxylic acids is 1. The number of hydrogen-bond acceptors (Lipinski definition) is 6. The molecule has 32 heavy (non-hydrogen) atoms. The van der Waals surface area contributed by atoms with Crippen molar-refractivity contribution in [2.75, 3.05) is 9.62 Å². The fraction of sp³-hybridized carbons (Fsp3) is 0.182. The van der Waals surface area contributed by atoms with Crippen molar-refractivity contribution in [1.82, 2.24) is 19.8 Å². The van der Waals surface area contributed by atoms with Crippen molar-refractivity contribution >= 4 is 33.0 Å². The molecule has 1 amide bonds. The van der Waals surface area contributed by atoms with Gasteiger partial charge in [0, 0.05) is 29.9 Å². The molecule has 1 atom stereocenters. The molecule has 0 spiro atoms. The van der Waals surface area contributed by atoms with E-state index in [1.807, 2.05) is 19.1 Å². The lowest BCUT2D eigenvalue weighted by atomic mass is 10.1. The molecule has 0 radical (unpaired) electrons. The number of nitrogens with one attached hydrogen (secondary N) is 1. The second kappa shape index (κ2) is 7.41. The predicted molar refractivity (Wildman–Crippen MR) is 120 cm³/mol. The SMILES string of the molecule is CC(=O)N1c2ccc(S(=O)(=O)Nc3ccc(-c4ccc5nncn5n4)cc3)cc2CC1C. The van der Waals surface area contributed by atoms with E-state index in [1.54, 1.807) is 45.8 Å². The monoisotopic (exact) mass is 448 g/mol. The summed E-state index contributed by atoms with van der Waals surface area (Å²) in [5, 5.41) is 12.2. The van der Waals surface area contributed by atoms with Crippen LogP contribution < -0.4 is 9.62 Å². The Bertz CT molecular complexity index is 1450. The number of anilines is 2. The zero-order valence-corrected chi connectivity index (χ0v) is 18.2. The molecular weight excluding hydrogens is 428 g/mol. The molecule has 0 saturated carbocycles. The fourth-order valence-corrected chi connectivity index (χ4v) is 5.17. The molecule has 5 rings (SSSR count). The molecule has 1 aliphatic rings. The zero-order chi connectivity index (χ0) is 22.5. The third kappa shape index (κ3) is 3.48. The number of sulfonamides is 1. The molecule has 2 aromatic heterocycles. The molecule has 9 nitrogen and oxygen atoms in total. The highest BCUT2D eigenvalue weighted by Gasteiger charge is 2.30. The third-order valence-electron chi connectivity index (χ3n) is 5.51. The van der Waals surface area contributed by atoms with Gasteiger partial charge in [0.05, 0.1) is 10.6 Å². The van der Waals surface area contributed by atoms with E-state index in [0.717, 1.165) is 22.5 Å². The van der Waals surface area contributed by atoms with Crippen LogP contribution in [0.5, 0.6) is 0 Å². The van der Waals surface area contributed by atoms with E-state index >= 15 is 0 Å². The molecule has 1 N–H and O–H groups in total. The number of hydrogen-bond donors (Lipinski definition) is 1. The summed E-state index contributed by atoms with van der Waals surface area (Å²) in [6.07, 6.45) is 2.14. The van der Waals surface area contributed by atoms with Gasteiger partial charge in [-0.25, -0.2) is 8.42 Å². The highest BCUT2D eigenvalue weighted by Crippen LogP contribution is 2.34. The minimum absolute atomic E-state index is 0.00638. The first-order valence-corrected chi connectivity index (χ1v) is 11.5. The van der Waals surface area contributed by atoms with Gasteiger partial charge < -0.3 is 4.90 Å². The van der Waals surface area contributed by atoms with Gasteiger partial charge in [0.25, 0.3) is 10.0 Å². The molecule has 1 unspecified atom stereocenters. The van der Waals surface area contributed by atoms with Crippen molar-refractivity contribution in [1.29, 1.82) is 0 Å². The lowest BCUT2D eigenvalue weighted by Gasteiger charge is -2.20. The number of benzene rings is 2. The average molecular weight is 449 g/mol. The second-order valence-electron chi connectivity index (χ2n) is 7.77. The Morgan fingerprint density at radius 1 is 1.09 bits per heavy atom. The first-order valence-electron chi connectivity index (χ1n) is 10.0. The van der Waals surface area contributed by atoms with E-state index in [9.17, 15) is 13.2 Å². The molecule has 10 heteroatoms. The number of rotatable bonds is 4. The van der Waals surface area contributed by atoms with Gasteiger partial charge in [-0.15, -0.1) is 10.2 Å². The molecule has 0 bridgehead atoms. The van der Waals surface area contributed by atoms with Gasteiger partial charge in [0.15, 0.2) is 5.65 Å². The van der Waals surface area contributed by atoms with Crippen LogP contribution >= 0.6 is 0 Å². The summed E-state index contributed by atoms with van der Waals surface area (Å²) in [5.74, 6) is -0.0528. The van der Waals surface area contributed by atoms with Gasteiger partial charge in [-0.3, -0.25) is 9.52 Å². The Hall–Kier alpha value is -3.79. The van der Waals surface area contributed by atoms with Crippen LogP contribution in [-0.4, -0.2) is 40.2 Å². The minimum atomic E-state index is -3.78. The molecule has 3 heterocycles. The lowest BCUT2D eigenvalue weighted by molar-refractivity contribution is -0.116. The average Bonchev–Trinajstić information content (AvgIpc) is 3.36. The van der Waals surface area contributed by atoms with E-state index in [0.29, 0.717) is 17.8 Å². The number of amides is 1. The summed E-state index contributed by atoms with van der Waals surface area (Å²) in [4.78, 5) is 13.8. The number of fused-ring (bicyclic) bond motifs is 2. The van der Waals surface area contributed by atoms with Crippen LogP contribution in [0.25, 0.3) is 16.9 Å². The van der Waals surface area contributed by atoms with Gasteiger partial charge in [0.2, 0.25) is 5.91 Å². The van der Waals surface area contributed by atoms with Gasteiger partial charge in [-0.05, 0) is 61.4 Å². The van der Waals surface area contributed by atoms with Crippen LogP contribution in [0, 0.1) is 0 Å². The summed E-state index contributed by atoms with van der Waals surface area (Å²) in [7, 11) is -3.78. The topological polar surface area (TPSA) is 110 Å². The predicted octanol–water partition coefficient (Wildman–Crippen LogP) is 2.89. The molecule has 162 valence electrons. The summed E-state index contributed by atoms with van der Waals surface area (Å²) >= 11 is 0. The summed E-state index contributed by atoms with van der Waals surface area (Å²) in [6.45, 7) is 3.46. The van der Waals surface area contributed by atoms with Crippen molar-refractivity contribution in [2.24, 2.45) is 0 Å². The van der Waals surface area contributed by atoms with Crippen molar-refractivity contribution in [3.8, 4) is 11.3 Å². The Labute approximate surface area is 184 Å². The maximum absolute atomic E-state index is 12.9. The lowest BCUT2D eigenvalue weighted by Crippen LogP contribution is -2.33. The van der Waals surface area contributed by atoms with Crippen molar-refractivity contribution in [3.63, 3.8) is 0 Å². The molecule has 0 aliphatic carbocycles. The van der Waals surface area contributed by atoms with Crippen molar-refractivity contribution in [3.05, 3.63) is 66.5 Å². The van der Waals surface area contributed by atoms with Crippen LogP contribution in [0.2, 0.25) is 0 Å². The minimum Gasteiger partial charge on any atom is -0.309 e. The molecule has 2 aromatic carbocycles. The van der Waals surface area contributed by atoms with E-state index in [4.69, 9.17) is 0 Å². The first kappa shape index (κ1) is 20.1. The van der Waals surface area contributed by atoms with Crippen LogP contribution in [0.1, 0.15) is 19.4 Å². The highest BCUT2D eigenvalue weighted by molar-refractivity contribution is 7.92. The Kier molecular flexibility index (Phi) is 4.66. The molecule has 0 saturated heterocycles. The zero-order valence-electron chi connectivity index (χ0n) is 17.4. The number of aromatic nitrogens is 4. The number of carbonyl (C=O) groups is 1. The second-order valence-corrected chi connectivity index (χ2v) is 9.45. The van der Waals surface area contributed by atoms with Crippen molar-refractivity contribution < 1.29 is 13.2 Å². The summed E-state index contributed by atoms with van der Waals surface area (Å²) in [5.41, 5.74) is 4.26. The van der Waals surface area contributed by atoms with E-state index < -0.39 is 10.0 Å². The van der Waals surface area contributed by atoms with Crippen LogP contribution in [0.4, 0.5) is 11.4 Å². The Balaban J connectivity index is 1.38. The van der Waals surface area contributed by atoms with Gasteiger partial charge in [-0.2, -0.15) is 9.61 Å². The normalized spacial score (nSPS) is 15.7. The smallest absolute Gasteiger partial charge is 0.261 e. The van der Waals surface area contributed by atoms with Gasteiger partial charge in [-0.1, -0.05) is 12.1 Å². The maximum atomic E-state index is 12.9. The molecular formula is C22H20N6O3S. The number of nitrogens with zero attached hydrogens (tertiary/aromatic N) is 5. The summed E-state index contributed by atoms with van der Waals surface area (Å²) in [6, 6.07) is 15.5. The van der Waals surface area contributed by atoms with E-state index in [1.165, 1.54) is 19.3 Å². The first-order chi connectivity index (χ1) is 15.3. The van der Waals surface area contributed by atoms with Gasteiger partial charge in [0.1, 0.15) is 6.33 Å². The van der Waals surface area contributed by atoms with Crippen LogP contribution in [0.3, 0.4) is 0 Å². The Morgan fingerprint density at radius 2 is 1.88 bits per heavy atom.